The van der Waals surface area contributed by atoms with Crippen LogP contribution in [0.2, 0.25) is 0 Å². The van der Waals surface area contributed by atoms with E-state index in [1.807, 2.05) is 28.2 Å². The van der Waals surface area contributed by atoms with Crippen molar-refractivity contribution in [3.8, 4) is 17.3 Å². The first-order valence-corrected chi connectivity index (χ1v) is 10.3. The fourth-order valence-electron chi connectivity index (χ4n) is 3.89. The third-order valence-corrected chi connectivity index (χ3v) is 5.67. The van der Waals surface area contributed by atoms with E-state index in [-0.39, 0.29) is 12.1 Å². The predicted octanol–water partition coefficient (Wildman–Crippen LogP) is 1.89. The van der Waals surface area contributed by atoms with Gasteiger partial charge in [-0.25, -0.2) is 24.7 Å². The van der Waals surface area contributed by atoms with E-state index >= 15 is 0 Å². The van der Waals surface area contributed by atoms with E-state index in [2.05, 4.69) is 19.9 Å². The van der Waals surface area contributed by atoms with E-state index in [0.29, 0.717) is 42.5 Å². The lowest BCUT2D eigenvalue weighted by Gasteiger charge is -2.34. The number of imidazole rings is 1. The van der Waals surface area contributed by atoms with Crippen molar-refractivity contribution in [2.75, 3.05) is 26.2 Å². The Morgan fingerprint density at radius 1 is 1.13 bits per heavy atom. The second kappa shape index (κ2) is 7.51. The molecule has 0 bridgehead atoms. The molecule has 2 fully saturated rings. The molecule has 0 saturated carbocycles. The number of hydrogen-bond donors (Lipinski definition) is 0. The fourth-order valence-corrected chi connectivity index (χ4v) is 3.89. The Labute approximate surface area is 173 Å². The molecule has 2 aliphatic rings. The van der Waals surface area contributed by atoms with Crippen LogP contribution in [0.25, 0.3) is 22.6 Å². The maximum Gasteiger partial charge on any atom is 0.320 e. The van der Waals surface area contributed by atoms with Gasteiger partial charge in [-0.1, -0.05) is 0 Å². The minimum absolute atomic E-state index is 0.105. The Bertz CT molecular complexity index is 1080. The zero-order valence-corrected chi connectivity index (χ0v) is 17.2. The second-order valence-electron chi connectivity index (χ2n) is 7.65. The van der Waals surface area contributed by atoms with Gasteiger partial charge in [0.2, 0.25) is 5.88 Å². The lowest BCUT2D eigenvalue weighted by molar-refractivity contribution is 0.128. The van der Waals surface area contributed by atoms with Crippen molar-refractivity contribution in [3.05, 3.63) is 24.5 Å². The molecule has 0 aromatic carbocycles. The molecular weight excluding hydrogens is 384 g/mol. The Morgan fingerprint density at radius 3 is 2.63 bits per heavy atom. The highest BCUT2D eigenvalue weighted by Crippen LogP contribution is 2.29. The Hall–Kier alpha value is -3.30. The average Bonchev–Trinajstić information content (AvgIpc) is 3.32. The van der Waals surface area contributed by atoms with E-state index < -0.39 is 0 Å². The third-order valence-electron chi connectivity index (χ3n) is 5.67. The van der Waals surface area contributed by atoms with E-state index in [4.69, 9.17) is 9.72 Å². The molecule has 10 nitrogen and oxygen atoms in total. The summed E-state index contributed by atoms with van der Waals surface area (Å²) in [5, 5.41) is 0. The van der Waals surface area contributed by atoms with Crippen LogP contribution < -0.4 is 4.74 Å². The van der Waals surface area contributed by atoms with Gasteiger partial charge in [0.1, 0.15) is 24.1 Å². The zero-order chi connectivity index (χ0) is 20.7. The molecule has 156 valence electrons. The van der Waals surface area contributed by atoms with Crippen molar-refractivity contribution < 1.29 is 9.53 Å². The number of rotatable bonds is 4. The molecule has 0 radical (unpaired) electrons. The minimum atomic E-state index is -0.105. The largest absolute Gasteiger partial charge is 0.471 e. The number of aromatic nitrogens is 6. The lowest BCUT2D eigenvalue weighted by atomic mass is 10.2. The van der Waals surface area contributed by atoms with Crippen LogP contribution in [0.5, 0.6) is 5.88 Å². The standard InChI is InChI=1S/C20H24N8O2/c1-3-28-17(14-9-21-13(2)22-10-14)25-16-18(28)23-12-24-19(16)30-15-5-8-27(11-15)20(29)26-6-4-7-26/h9-10,12,15H,3-8,11H2,1-2H3. The van der Waals surface area contributed by atoms with Crippen LogP contribution in [0.15, 0.2) is 18.7 Å². The molecule has 0 spiro atoms. The summed E-state index contributed by atoms with van der Waals surface area (Å²) in [6.07, 6.45) is 6.79. The summed E-state index contributed by atoms with van der Waals surface area (Å²) in [4.78, 5) is 38.3. The Kier molecular flexibility index (Phi) is 4.68. The van der Waals surface area contributed by atoms with Crippen molar-refractivity contribution in [2.45, 2.75) is 39.3 Å². The number of hydrogen-bond acceptors (Lipinski definition) is 7. The molecule has 0 aliphatic carbocycles. The summed E-state index contributed by atoms with van der Waals surface area (Å²) >= 11 is 0. The van der Waals surface area contributed by atoms with Crippen LogP contribution in [-0.2, 0) is 6.54 Å². The highest BCUT2D eigenvalue weighted by Gasteiger charge is 2.33. The smallest absolute Gasteiger partial charge is 0.320 e. The number of carbonyl (C=O) groups is 1. The van der Waals surface area contributed by atoms with Crippen LogP contribution >= 0.6 is 0 Å². The van der Waals surface area contributed by atoms with E-state index in [9.17, 15) is 4.79 Å². The topological polar surface area (TPSA) is 102 Å². The summed E-state index contributed by atoms with van der Waals surface area (Å²) in [7, 11) is 0. The summed E-state index contributed by atoms with van der Waals surface area (Å²) in [5.41, 5.74) is 2.14. The number of likely N-dealkylation sites (tertiary alicyclic amines) is 2. The molecule has 1 atom stereocenters. The summed E-state index contributed by atoms with van der Waals surface area (Å²) in [6, 6.07) is 0.108. The number of aryl methyl sites for hydroxylation is 2. The van der Waals surface area contributed by atoms with Gasteiger partial charge in [-0.05, 0) is 20.3 Å². The monoisotopic (exact) mass is 408 g/mol. The number of fused-ring (bicyclic) bond motifs is 1. The van der Waals surface area contributed by atoms with E-state index in [0.717, 1.165) is 37.3 Å². The number of carbonyl (C=O) groups excluding carboxylic acids is 1. The molecule has 3 aromatic heterocycles. The van der Waals surface area contributed by atoms with Gasteiger partial charge < -0.3 is 19.1 Å². The first-order valence-electron chi connectivity index (χ1n) is 10.3. The summed E-state index contributed by atoms with van der Waals surface area (Å²) < 4.78 is 8.20. The molecule has 3 aromatic rings. The van der Waals surface area contributed by atoms with Crippen LogP contribution in [0.1, 0.15) is 25.6 Å². The minimum Gasteiger partial charge on any atom is -0.471 e. The number of nitrogens with zero attached hydrogens (tertiary/aromatic N) is 8. The Morgan fingerprint density at radius 2 is 1.93 bits per heavy atom. The third kappa shape index (κ3) is 3.21. The molecule has 1 unspecified atom stereocenters. The fraction of sp³-hybridized carbons (Fsp3) is 0.500. The molecule has 2 aliphatic heterocycles. The molecule has 0 N–H and O–H groups in total. The molecule has 2 saturated heterocycles. The van der Waals surface area contributed by atoms with Gasteiger partial charge in [-0.2, -0.15) is 4.98 Å². The van der Waals surface area contributed by atoms with Gasteiger partial charge >= 0.3 is 6.03 Å². The zero-order valence-electron chi connectivity index (χ0n) is 17.2. The number of amides is 2. The normalized spacial score (nSPS) is 18.7. The Balaban J connectivity index is 1.41. The maximum absolute atomic E-state index is 12.4. The summed E-state index contributed by atoms with van der Waals surface area (Å²) in [5.74, 6) is 1.89. The number of urea groups is 1. The quantitative estimate of drug-likeness (QED) is 0.649. The first kappa shape index (κ1) is 18.7. The van der Waals surface area contributed by atoms with Gasteiger partial charge in [-0.3, -0.25) is 0 Å². The molecule has 5 rings (SSSR count). The van der Waals surface area contributed by atoms with Crippen molar-refractivity contribution in [1.82, 2.24) is 39.3 Å². The number of ether oxygens (including phenoxy) is 1. The molecule has 30 heavy (non-hydrogen) atoms. The van der Waals surface area contributed by atoms with Gasteiger partial charge in [0.05, 0.1) is 12.1 Å². The van der Waals surface area contributed by atoms with Crippen molar-refractivity contribution in [1.29, 1.82) is 0 Å². The van der Waals surface area contributed by atoms with Crippen molar-refractivity contribution in [3.63, 3.8) is 0 Å². The van der Waals surface area contributed by atoms with Crippen LogP contribution in [-0.4, -0.2) is 77.6 Å². The second-order valence-corrected chi connectivity index (χ2v) is 7.65. The molecule has 2 amide bonds. The highest BCUT2D eigenvalue weighted by atomic mass is 16.5. The van der Waals surface area contributed by atoms with E-state index in [1.54, 1.807) is 12.4 Å². The van der Waals surface area contributed by atoms with Crippen molar-refractivity contribution in [2.24, 2.45) is 0 Å². The molecule has 10 heteroatoms. The van der Waals surface area contributed by atoms with Crippen LogP contribution in [0, 0.1) is 6.92 Å². The van der Waals surface area contributed by atoms with Crippen LogP contribution in [0.3, 0.4) is 0 Å². The molecular formula is C20H24N8O2. The average molecular weight is 408 g/mol. The van der Waals surface area contributed by atoms with E-state index in [1.165, 1.54) is 6.33 Å². The van der Waals surface area contributed by atoms with Gasteiger partial charge in [0.25, 0.3) is 0 Å². The van der Waals surface area contributed by atoms with Gasteiger partial charge in [0, 0.05) is 45.0 Å². The highest BCUT2D eigenvalue weighted by molar-refractivity contribution is 5.81. The first-order chi connectivity index (χ1) is 14.6. The van der Waals surface area contributed by atoms with Gasteiger partial charge in [-0.15, -0.1) is 0 Å². The maximum atomic E-state index is 12.4. The SMILES string of the molecule is CCn1c(-c2cnc(C)nc2)nc2c(OC3CCN(C(=O)N4CCC4)C3)ncnc21. The van der Waals surface area contributed by atoms with Gasteiger partial charge in [0.15, 0.2) is 11.2 Å². The lowest BCUT2D eigenvalue weighted by Crippen LogP contribution is -2.49. The van der Waals surface area contributed by atoms with Crippen molar-refractivity contribution >= 4 is 17.2 Å². The summed E-state index contributed by atoms with van der Waals surface area (Å²) in [6.45, 7) is 7.55. The molecule has 5 heterocycles. The van der Waals surface area contributed by atoms with Crippen LogP contribution in [0.4, 0.5) is 4.79 Å². The predicted molar refractivity (Wildman–Crippen MR) is 109 cm³/mol.